The molecule has 0 unspecified atom stereocenters. The maximum atomic E-state index is 13.4. The van der Waals surface area contributed by atoms with Crippen LogP contribution in [0.25, 0.3) is 0 Å². The standard InChI is InChI=1S/C23H25ClN4O3.C2HF3O2/c24-18-6-2-1-5-17(18)22(30)28-14-4-8-20(28)23(31)27-13-3-7-19(27)21(29)26-15-16-9-11-25-12-10-16;3-2(4,5)1(6)7/h1-2,5-6,9-12,19-20H,3-4,7-8,13-15H2,(H,26,29);(H,6,7)/t19-,20-;/m0./s1. The van der Waals surface area contributed by atoms with Crippen LogP contribution >= 0.6 is 11.6 Å². The zero-order valence-electron chi connectivity index (χ0n) is 20.2. The fourth-order valence-electron chi connectivity index (χ4n) is 4.36. The lowest BCUT2D eigenvalue weighted by molar-refractivity contribution is -0.192. The van der Waals surface area contributed by atoms with E-state index in [1.807, 2.05) is 12.1 Å². The van der Waals surface area contributed by atoms with Crippen molar-refractivity contribution >= 4 is 35.3 Å². The molecule has 2 atom stereocenters. The molecule has 2 saturated heterocycles. The van der Waals surface area contributed by atoms with Crippen molar-refractivity contribution in [3.05, 3.63) is 64.9 Å². The Kier molecular flexibility index (Phi) is 9.67. The molecule has 0 radical (unpaired) electrons. The number of carbonyl (C=O) groups excluding carboxylic acids is 3. The second-order valence-corrected chi connectivity index (χ2v) is 9.11. The van der Waals surface area contributed by atoms with E-state index in [1.165, 1.54) is 0 Å². The lowest BCUT2D eigenvalue weighted by atomic mass is 10.1. The van der Waals surface area contributed by atoms with Crippen LogP contribution in [0.1, 0.15) is 41.6 Å². The second-order valence-electron chi connectivity index (χ2n) is 8.70. The van der Waals surface area contributed by atoms with E-state index >= 15 is 0 Å². The Morgan fingerprint density at radius 3 is 2.16 bits per heavy atom. The average Bonchev–Trinajstić information content (AvgIpc) is 3.58. The number of carbonyl (C=O) groups is 4. The summed E-state index contributed by atoms with van der Waals surface area (Å²) in [4.78, 5) is 55.4. The van der Waals surface area contributed by atoms with Gasteiger partial charge in [-0.15, -0.1) is 0 Å². The van der Waals surface area contributed by atoms with E-state index in [-0.39, 0.29) is 17.7 Å². The molecule has 2 N–H and O–H groups in total. The van der Waals surface area contributed by atoms with Gasteiger partial charge < -0.3 is 20.2 Å². The van der Waals surface area contributed by atoms with Crippen molar-refractivity contribution in [1.82, 2.24) is 20.1 Å². The van der Waals surface area contributed by atoms with Crippen molar-refractivity contribution in [1.29, 1.82) is 0 Å². The summed E-state index contributed by atoms with van der Waals surface area (Å²) in [6.07, 6.45) is 1.01. The molecule has 4 rings (SSSR count). The van der Waals surface area contributed by atoms with Crippen molar-refractivity contribution in [2.24, 2.45) is 0 Å². The number of halogens is 4. The molecule has 2 aromatic rings. The van der Waals surface area contributed by atoms with Gasteiger partial charge in [0.1, 0.15) is 12.1 Å². The zero-order chi connectivity index (χ0) is 27.9. The quantitative estimate of drug-likeness (QED) is 0.585. The van der Waals surface area contributed by atoms with Gasteiger partial charge in [-0.3, -0.25) is 19.4 Å². The Hall–Kier alpha value is -3.67. The molecule has 0 bridgehead atoms. The van der Waals surface area contributed by atoms with E-state index in [0.717, 1.165) is 18.4 Å². The van der Waals surface area contributed by atoms with Crippen LogP contribution in [0.4, 0.5) is 13.2 Å². The Labute approximate surface area is 221 Å². The fourth-order valence-corrected chi connectivity index (χ4v) is 4.57. The van der Waals surface area contributed by atoms with Crippen LogP contribution in [0.2, 0.25) is 5.02 Å². The fraction of sp³-hybridized carbons (Fsp3) is 0.400. The molecule has 2 aliphatic heterocycles. The number of carboxylic acid groups (broad SMARTS) is 1. The molecule has 13 heteroatoms. The van der Waals surface area contributed by atoms with Gasteiger partial charge in [0.2, 0.25) is 11.8 Å². The van der Waals surface area contributed by atoms with Crippen LogP contribution in [-0.4, -0.2) is 74.9 Å². The molecule has 0 aliphatic carbocycles. The van der Waals surface area contributed by atoms with E-state index in [9.17, 15) is 27.6 Å². The van der Waals surface area contributed by atoms with E-state index in [0.29, 0.717) is 43.1 Å². The van der Waals surface area contributed by atoms with E-state index < -0.39 is 24.2 Å². The van der Waals surface area contributed by atoms with Crippen LogP contribution in [0.5, 0.6) is 0 Å². The minimum Gasteiger partial charge on any atom is -0.475 e. The first-order chi connectivity index (χ1) is 18.0. The number of benzene rings is 1. The Bertz CT molecular complexity index is 1170. The van der Waals surface area contributed by atoms with Crippen LogP contribution in [0.15, 0.2) is 48.8 Å². The van der Waals surface area contributed by atoms with Crippen molar-refractivity contribution < 1.29 is 37.5 Å². The molecule has 0 saturated carbocycles. The molecule has 9 nitrogen and oxygen atoms in total. The van der Waals surface area contributed by atoms with Crippen molar-refractivity contribution in [3.8, 4) is 0 Å². The molecule has 204 valence electrons. The summed E-state index contributed by atoms with van der Waals surface area (Å²) in [5.74, 6) is -3.31. The summed E-state index contributed by atoms with van der Waals surface area (Å²) in [5.41, 5.74) is 1.35. The molecule has 3 amide bonds. The zero-order valence-corrected chi connectivity index (χ0v) is 20.9. The molecule has 38 heavy (non-hydrogen) atoms. The number of hydrogen-bond acceptors (Lipinski definition) is 5. The molecule has 2 aliphatic rings. The highest BCUT2D eigenvalue weighted by Crippen LogP contribution is 2.28. The molecular formula is C25H26ClF3N4O5. The van der Waals surface area contributed by atoms with Gasteiger partial charge in [0.15, 0.2) is 0 Å². The van der Waals surface area contributed by atoms with Gasteiger partial charge in [-0.05, 0) is 55.5 Å². The third-order valence-electron chi connectivity index (χ3n) is 6.20. The number of amides is 3. The van der Waals surface area contributed by atoms with E-state index in [2.05, 4.69) is 10.3 Å². The largest absolute Gasteiger partial charge is 0.490 e. The topological polar surface area (TPSA) is 120 Å². The van der Waals surface area contributed by atoms with E-state index in [1.54, 1.807) is 46.5 Å². The smallest absolute Gasteiger partial charge is 0.475 e. The maximum Gasteiger partial charge on any atom is 0.490 e. The molecular weight excluding hydrogens is 529 g/mol. The van der Waals surface area contributed by atoms with Gasteiger partial charge in [-0.2, -0.15) is 13.2 Å². The molecule has 0 spiro atoms. The Morgan fingerprint density at radius 2 is 1.55 bits per heavy atom. The number of alkyl halides is 3. The van der Waals surface area contributed by atoms with Gasteiger partial charge in [-0.1, -0.05) is 23.7 Å². The van der Waals surface area contributed by atoms with Gasteiger partial charge >= 0.3 is 12.1 Å². The number of nitrogens with one attached hydrogen (secondary N) is 1. The van der Waals surface area contributed by atoms with Gasteiger partial charge in [0.05, 0.1) is 10.6 Å². The highest BCUT2D eigenvalue weighted by Gasteiger charge is 2.42. The number of likely N-dealkylation sites (tertiary alicyclic amines) is 2. The lowest BCUT2D eigenvalue weighted by Gasteiger charge is -2.31. The van der Waals surface area contributed by atoms with Gasteiger partial charge in [0.25, 0.3) is 5.91 Å². The monoisotopic (exact) mass is 554 g/mol. The second kappa shape index (κ2) is 12.7. The van der Waals surface area contributed by atoms with Crippen molar-refractivity contribution in [2.45, 2.75) is 50.5 Å². The summed E-state index contributed by atoms with van der Waals surface area (Å²) >= 11 is 6.20. The molecule has 3 heterocycles. The van der Waals surface area contributed by atoms with Crippen LogP contribution in [0.3, 0.4) is 0 Å². The first-order valence-corrected chi connectivity index (χ1v) is 12.2. The number of rotatable bonds is 5. The molecule has 2 fully saturated rings. The number of pyridine rings is 1. The summed E-state index contributed by atoms with van der Waals surface area (Å²) < 4.78 is 31.7. The highest BCUT2D eigenvalue weighted by molar-refractivity contribution is 6.33. The van der Waals surface area contributed by atoms with E-state index in [4.69, 9.17) is 21.5 Å². The number of nitrogens with zero attached hydrogens (tertiary/aromatic N) is 3. The SMILES string of the molecule is O=C(NCc1ccncc1)[C@@H]1CCCN1C(=O)[C@@H]1CCCN1C(=O)c1ccccc1Cl.O=C(O)C(F)(F)F. The summed E-state index contributed by atoms with van der Waals surface area (Å²) in [5, 5.41) is 10.4. The first-order valence-electron chi connectivity index (χ1n) is 11.8. The van der Waals surface area contributed by atoms with Crippen LogP contribution < -0.4 is 5.32 Å². The number of aromatic nitrogens is 1. The number of aliphatic carboxylic acids is 1. The lowest BCUT2D eigenvalue weighted by Crippen LogP contribution is -2.52. The minimum absolute atomic E-state index is 0.153. The first kappa shape index (κ1) is 28.9. The summed E-state index contributed by atoms with van der Waals surface area (Å²) in [6, 6.07) is 9.50. The summed E-state index contributed by atoms with van der Waals surface area (Å²) in [7, 11) is 0. The predicted molar refractivity (Wildman–Crippen MR) is 130 cm³/mol. The van der Waals surface area contributed by atoms with Crippen molar-refractivity contribution in [3.63, 3.8) is 0 Å². The normalized spacial score (nSPS) is 18.9. The molecule has 1 aromatic heterocycles. The molecule has 1 aromatic carbocycles. The maximum absolute atomic E-state index is 13.4. The predicted octanol–water partition coefficient (Wildman–Crippen LogP) is 3.28. The third kappa shape index (κ3) is 7.21. The average molecular weight is 555 g/mol. The van der Waals surface area contributed by atoms with Crippen LogP contribution in [-0.2, 0) is 20.9 Å². The van der Waals surface area contributed by atoms with Crippen LogP contribution in [0, 0.1) is 0 Å². The van der Waals surface area contributed by atoms with Crippen molar-refractivity contribution in [2.75, 3.05) is 13.1 Å². The number of carboxylic acids is 1. The summed E-state index contributed by atoms with van der Waals surface area (Å²) in [6.45, 7) is 1.42. The third-order valence-corrected chi connectivity index (χ3v) is 6.53. The number of hydrogen-bond donors (Lipinski definition) is 2. The minimum atomic E-state index is -5.08. The Balaban J connectivity index is 0.000000505. The van der Waals surface area contributed by atoms with Gasteiger partial charge in [-0.25, -0.2) is 4.79 Å². The Morgan fingerprint density at radius 1 is 0.974 bits per heavy atom. The van der Waals surface area contributed by atoms with Gasteiger partial charge in [0, 0.05) is 32.0 Å². The highest BCUT2D eigenvalue weighted by atomic mass is 35.5.